The van der Waals surface area contributed by atoms with Crippen LogP contribution in [0, 0.1) is 37.3 Å². The number of hydrogen-bond donors (Lipinski definition) is 0. The van der Waals surface area contributed by atoms with Gasteiger partial charge >= 0.3 is 0 Å². The average molecular weight is 695 g/mol. The molecule has 228 valence electrons. The second-order valence-electron chi connectivity index (χ2n) is 13.0. The van der Waals surface area contributed by atoms with Crippen molar-refractivity contribution in [3.63, 3.8) is 0 Å². The van der Waals surface area contributed by atoms with E-state index < -0.39 is 16.1 Å². The maximum Gasteiger partial charge on any atom is 0.146 e. The predicted molar refractivity (Wildman–Crippen MR) is 198 cm³/mol. The zero-order chi connectivity index (χ0) is 32.3. The van der Waals surface area contributed by atoms with E-state index in [2.05, 4.69) is 123 Å². The van der Waals surface area contributed by atoms with E-state index >= 15 is 0 Å². The van der Waals surface area contributed by atoms with Crippen LogP contribution in [0.5, 0.6) is 0 Å². The molecule has 0 radical (unpaired) electrons. The van der Waals surface area contributed by atoms with Gasteiger partial charge in [0, 0.05) is 20.1 Å². The molecule has 0 fully saturated rings. The van der Waals surface area contributed by atoms with Crippen LogP contribution in [0.2, 0.25) is 43.3 Å². The molecule has 5 heteroatoms. The molecule has 0 aliphatic carbocycles. The maximum absolute atomic E-state index is 6.02. The Morgan fingerprint density at radius 2 is 0.976 bits per heavy atom. The minimum absolute atomic E-state index is 0.669. The van der Waals surface area contributed by atoms with E-state index in [4.69, 9.17) is 29.6 Å². The molecule has 0 atom stereocenters. The molecule has 2 aromatic rings. The highest BCUT2D eigenvalue weighted by Crippen LogP contribution is 2.41. The van der Waals surface area contributed by atoms with Crippen molar-refractivity contribution in [2.75, 3.05) is 0 Å². The highest BCUT2D eigenvalue weighted by molar-refractivity contribution is 9.10. The Kier molecular flexibility index (Phi) is 17.6. The Balaban J connectivity index is 0.000000645. The van der Waals surface area contributed by atoms with Crippen LogP contribution < -0.4 is 0 Å². The second-order valence-corrected chi connectivity index (χ2v) is 26.0. The lowest BCUT2D eigenvalue weighted by Crippen LogP contribution is -2.43. The van der Waals surface area contributed by atoms with Crippen LogP contribution in [-0.2, 0) is 0 Å². The summed E-state index contributed by atoms with van der Waals surface area (Å²) in [6.45, 7) is 31.9. The third kappa shape index (κ3) is 10.9. The molecule has 0 N–H and O–H groups in total. The molecule has 0 amide bonds. The maximum atomic E-state index is 6.02. The molecule has 0 heterocycles. The normalized spacial score (nSPS) is 11.7. The quantitative estimate of drug-likeness (QED) is 0.209. The van der Waals surface area contributed by atoms with Gasteiger partial charge in [-0.3, -0.25) is 0 Å². The fourth-order valence-electron chi connectivity index (χ4n) is 6.48. The van der Waals surface area contributed by atoms with E-state index in [1.54, 1.807) is 0 Å². The summed E-state index contributed by atoms with van der Waals surface area (Å²) in [6, 6.07) is 11.7. The molecule has 0 aliphatic rings. The van der Waals surface area contributed by atoms with Crippen LogP contribution in [-0.4, -0.2) is 16.1 Å². The van der Waals surface area contributed by atoms with Crippen molar-refractivity contribution in [2.24, 2.45) is 0 Å². The molecular formula is C36H55BrCl2Si2. The summed E-state index contributed by atoms with van der Waals surface area (Å²) in [6.07, 6.45) is 5.72. The Morgan fingerprint density at radius 3 is 1.24 bits per heavy atom. The van der Waals surface area contributed by atoms with Crippen LogP contribution in [0.1, 0.15) is 99.8 Å². The predicted octanol–water partition coefficient (Wildman–Crippen LogP) is 13.5. The van der Waals surface area contributed by atoms with Gasteiger partial charge in [0.15, 0.2) is 0 Å². The smallest absolute Gasteiger partial charge is 0.134 e. The highest BCUT2D eigenvalue weighted by Gasteiger charge is 2.42. The molecule has 0 bridgehead atoms. The van der Waals surface area contributed by atoms with Crippen molar-refractivity contribution >= 4 is 55.3 Å². The van der Waals surface area contributed by atoms with E-state index in [-0.39, 0.29) is 0 Å². The lowest BCUT2D eigenvalue weighted by Gasteiger charge is -2.38. The fraction of sp³-hybridized carbons (Fsp3) is 0.556. The van der Waals surface area contributed by atoms with Gasteiger partial charge in [-0.25, -0.2) is 0 Å². The number of benzene rings is 2. The molecule has 41 heavy (non-hydrogen) atoms. The third-order valence-electron chi connectivity index (χ3n) is 8.70. The zero-order valence-electron chi connectivity index (χ0n) is 28.1. The van der Waals surface area contributed by atoms with Crippen LogP contribution in [0.25, 0.3) is 0 Å². The number of terminal acetylenes is 1. The fourth-order valence-corrected chi connectivity index (χ4v) is 17.4. The van der Waals surface area contributed by atoms with Crippen LogP contribution in [0.15, 0.2) is 40.9 Å². The summed E-state index contributed by atoms with van der Waals surface area (Å²) < 4.78 is 1.10. The van der Waals surface area contributed by atoms with Gasteiger partial charge in [-0.2, -0.15) is 0 Å². The van der Waals surface area contributed by atoms with Crippen molar-refractivity contribution in [3.8, 4) is 23.4 Å². The number of aryl methyl sites for hydroxylation is 2. The molecule has 2 aromatic carbocycles. The van der Waals surface area contributed by atoms with Gasteiger partial charge in [0.05, 0.1) is 0 Å². The van der Waals surface area contributed by atoms with E-state index in [9.17, 15) is 0 Å². The topological polar surface area (TPSA) is 0 Å². The van der Waals surface area contributed by atoms with Gasteiger partial charge in [0.25, 0.3) is 0 Å². The summed E-state index contributed by atoms with van der Waals surface area (Å²) >= 11 is 15.1. The standard InChI is InChI=1S/C18H27ClSi.C11H22Si.C7H6BrCl/c1-13(2)20(14(3)4,15(5)6)11-10-17-8-9-18(19)12-16(17)7;1-8-12(9(2)3,10(4)5)11(6)7;1-5-4-6(9)2-3-7(5)8/h8-9,12-15H,1-7H3;1,9-11H,2-7H3;2-4H,1H3. The molecule has 0 unspecified atom stereocenters. The van der Waals surface area contributed by atoms with Gasteiger partial charge in [0.2, 0.25) is 0 Å². The Hall–Kier alpha value is -0.946. The van der Waals surface area contributed by atoms with Crippen molar-refractivity contribution < 1.29 is 0 Å². The molecule has 0 aromatic heterocycles. The molecule has 0 aliphatic heterocycles. The molecule has 2 rings (SSSR count). The number of hydrogen-bond acceptors (Lipinski definition) is 0. The molecule has 0 spiro atoms. The first-order chi connectivity index (χ1) is 18.8. The van der Waals surface area contributed by atoms with Crippen molar-refractivity contribution in [1.82, 2.24) is 0 Å². The summed E-state index contributed by atoms with van der Waals surface area (Å²) in [5, 5.41) is 1.57. The van der Waals surface area contributed by atoms with Crippen LogP contribution >= 0.6 is 39.1 Å². The largest absolute Gasteiger partial charge is 0.146 e. The van der Waals surface area contributed by atoms with Gasteiger partial charge in [-0.1, -0.05) is 128 Å². The molecule has 0 saturated heterocycles. The Bertz CT molecular complexity index is 1150. The van der Waals surface area contributed by atoms with Gasteiger partial charge in [0.1, 0.15) is 16.1 Å². The summed E-state index contributed by atoms with van der Waals surface area (Å²) in [5.41, 5.74) is 14.5. The van der Waals surface area contributed by atoms with Crippen LogP contribution in [0.4, 0.5) is 0 Å². The van der Waals surface area contributed by atoms with Gasteiger partial charge in [-0.15, -0.1) is 17.5 Å². The monoisotopic (exact) mass is 692 g/mol. The van der Waals surface area contributed by atoms with E-state index in [1.165, 1.54) is 11.1 Å². The summed E-state index contributed by atoms with van der Waals surface area (Å²) in [7, 11) is -3.11. The Morgan fingerprint density at radius 1 is 0.610 bits per heavy atom. The lowest BCUT2D eigenvalue weighted by molar-refractivity contribution is 0.838. The third-order valence-corrected chi connectivity index (χ3v) is 22.6. The zero-order valence-corrected chi connectivity index (χ0v) is 33.2. The molecule has 0 saturated carbocycles. The minimum atomic E-state index is -1.64. The lowest BCUT2D eigenvalue weighted by atomic mass is 10.1. The highest BCUT2D eigenvalue weighted by atomic mass is 79.9. The van der Waals surface area contributed by atoms with Crippen molar-refractivity contribution in [3.05, 3.63) is 67.6 Å². The molecule has 0 nitrogen and oxygen atoms in total. The minimum Gasteiger partial charge on any atom is -0.134 e. The Labute approximate surface area is 274 Å². The van der Waals surface area contributed by atoms with Crippen molar-refractivity contribution in [2.45, 2.75) is 130 Å². The number of halogens is 3. The van der Waals surface area contributed by atoms with Crippen molar-refractivity contribution in [1.29, 1.82) is 0 Å². The first kappa shape index (κ1) is 40.1. The summed E-state index contributed by atoms with van der Waals surface area (Å²) in [5.74, 6) is 3.48. The second kappa shape index (κ2) is 18.0. The average Bonchev–Trinajstić information content (AvgIpc) is 2.83. The number of rotatable bonds is 6. The summed E-state index contributed by atoms with van der Waals surface area (Å²) in [4.78, 5) is 0. The van der Waals surface area contributed by atoms with E-state index in [1.807, 2.05) is 43.3 Å². The van der Waals surface area contributed by atoms with Gasteiger partial charge < -0.3 is 0 Å². The van der Waals surface area contributed by atoms with E-state index in [0.717, 1.165) is 20.1 Å². The van der Waals surface area contributed by atoms with E-state index in [0.29, 0.717) is 33.2 Å². The van der Waals surface area contributed by atoms with Crippen LogP contribution in [0.3, 0.4) is 0 Å². The SMILES string of the molecule is C#C[Si](C(C)C)(C(C)C)C(C)C.Cc1cc(Cl)ccc1Br.Cc1cc(Cl)ccc1C#C[Si](C(C)C)(C(C)C)C(C)C. The first-order valence-corrected chi connectivity index (χ1v) is 21.0. The molecular weight excluding hydrogens is 639 g/mol. The first-order valence-electron chi connectivity index (χ1n) is 15.0. The van der Waals surface area contributed by atoms with Gasteiger partial charge in [-0.05, 0) is 94.6 Å².